The van der Waals surface area contributed by atoms with Crippen LogP contribution in [-0.2, 0) is 9.53 Å². The number of halogens is 1. The van der Waals surface area contributed by atoms with Crippen molar-refractivity contribution in [2.75, 3.05) is 12.1 Å². The smallest absolute Gasteiger partial charge is 0.339 e. The second-order valence-corrected chi connectivity index (χ2v) is 7.53. The van der Waals surface area contributed by atoms with Gasteiger partial charge in [-0.25, -0.2) is 4.79 Å². The van der Waals surface area contributed by atoms with Gasteiger partial charge in [0, 0.05) is 22.2 Å². The molecule has 0 radical (unpaired) electrons. The van der Waals surface area contributed by atoms with Gasteiger partial charge < -0.3 is 19.5 Å². The number of carbonyl (C=O) groups excluding carboxylic acids is 2. The van der Waals surface area contributed by atoms with Crippen molar-refractivity contribution in [1.82, 2.24) is 0 Å². The zero-order chi connectivity index (χ0) is 22.7. The number of nitro groups is 1. The Morgan fingerprint density at radius 1 is 1.03 bits per heavy atom. The molecule has 1 N–H and O–H groups in total. The van der Waals surface area contributed by atoms with Crippen LogP contribution >= 0.6 is 15.9 Å². The third-order valence-corrected chi connectivity index (χ3v) is 5.25. The molecule has 0 aliphatic carbocycles. The van der Waals surface area contributed by atoms with Crippen molar-refractivity contribution in [1.29, 1.82) is 0 Å². The number of nitrogens with zero attached hydrogens (tertiary/aromatic N) is 1. The van der Waals surface area contributed by atoms with E-state index in [9.17, 15) is 19.7 Å². The summed E-state index contributed by atoms with van der Waals surface area (Å²) in [6.45, 7) is 0.0625. The van der Waals surface area contributed by atoms with Gasteiger partial charge in [0.05, 0.1) is 16.2 Å². The van der Waals surface area contributed by atoms with Crippen molar-refractivity contribution in [2.45, 2.75) is 6.10 Å². The van der Waals surface area contributed by atoms with E-state index >= 15 is 0 Å². The minimum absolute atomic E-state index is 0.0625. The lowest BCUT2D eigenvalue weighted by molar-refractivity contribution is -0.384. The molecule has 1 unspecified atom stereocenters. The molecule has 1 aliphatic heterocycles. The van der Waals surface area contributed by atoms with E-state index in [1.54, 1.807) is 36.4 Å². The summed E-state index contributed by atoms with van der Waals surface area (Å²) in [5.41, 5.74) is 0.806. The van der Waals surface area contributed by atoms with Gasteiger partial charge in [0.25, 0.3) is 11.6 Å². The van der Waals surface area contributed by atoms with Gasteiger partial charge in [-0.1, -0.05) is 30.3 Å². The molecule has 0 aromatic heterocycles. The quantitative estimate of drug-likeness (QED) is 0.299. The minimum atomic E-state index is -1.27. The van der Waals surface area contributed by atoms with E-state index in [0.717, 1.165) is 0 Å². The van der Waals surface area contributed by atoms with Gasteiger partial charge in [-0.05, 0) is 40.2 Å². The highest BCUT2D eigenvalue weighted by atomic mass is 79.9. The standard InChI is InChI=1S/C22H15BrN2O7/c23-16-11-15(25(28)29)7-8-17(16)24-21(26)20(13-4-2-1-3-5-13)32-22(27)14-6-9-18-19(10-14)31-12-30-18/h1-11,20H,12H2,(H,24,26). The van der Waals surface area contributed by atoms with Crippen LogP contribution in [0.1, 0.15) is 22.0 Å². The normalized spacial score (nSPS) is 12.7. The zero-order valence-corrected chi connectivity index (χ0v) is 17.9. The van der Waals surface area contributed by atoms with E-state index in [1.807, 2.05) is 0 Å². The van der Waals surface area contributed by atoms with Crippen LogP contribution in [0.25, 0.3) is 0 Å². The van der Waals surface area contributed by atoms with Crippen LogP contribution in [0.4, 0.5) is 11.4 Å². The highest BCUT2D eigenvalue weighted by Gasteiger charge is 2.27. The van der Waals surface area contributed by atoms with Gasteiger partial charge in [0.15, 0.2) is 11.5 Å². The van der Waals surface area contributed by atoms with Crippen LogP contribution in [-0.4, -0.2) is 23.6 Å². The maximum atomic E-state index is 13.1. The van der Waals surface area contributed by atoms with Crippen LogP contribution in [0.5, 0.6) is 11.5 Å². The molecule has 4 rings (SSSR count). The molecule has 162 valence electrons. The number of hydrogen-bond donors (Lipinski definition) is 1. The molecule has 0 saturated carbocycles. The van der Waals surface area contributed by atoms with E-state index in [1.165, 1.54) is 30.3 Å². The number of nitro benzene ring substituents is 1. The van der Waals surface area contributed by atoms with Crippen molar-refractivity contribution in [2.24, 2.45) is 0 Å². The maximum Gasteiger partial charge on any atom is 0.339 e. The molecule has 1 heterocycles. The SMILES string of the molecule is O=C(OC(C(=O)Nc1ccc([N+](=O)[O-])cc1Br)c1ccccc1)c1ccc2c(c1)OCO2. The molecule has 1 aliphatic rings. The highest BCUT2D eigenvalue weighted by Crippen LogP contribution is 2.33. The molecule has 1 atom stereocenters. The molecule has 3 aromatic carbocycles. The number of fused-ring (bicyclic) bond motifs is 1. The second-order valence-electron chi connectivity index (χ2n) is 6.67. The van der Waals surface area contributed by atoms with Gasteiger partial charge in [0.2, 0.25) is 12.9 Å². The summed E-state index contributed by atoms with van der Waals surface area (Å²) in [5, 5.41) is 13.6. The van der Waals surface area contributed by atoms with E-state index in [4.69, 9.17) is 14.2 Å². The van der Waals surface area contributed by atoms with Crippen LogP contribution in [0.3, 0.4) is 0 Å². The summed E-state index contributed by atoms with van der Waals surface area (Å²) >= 11 is 3.21. The Labute approximate surface area is 190 Å². The Morgan fingerprint density at radius 3 is 2.50 bits per heavy atom. The van der Waals surface area contributed by atoms with Gasteiger partial charge in [-0.2, -0.15) is 0 Å². The first-order valence-corrected chi connectivity index (χ1v) is 10.1. The fourth-order valence-corrected chi connectivity index (χ4v) is 3.48. The molecular formula is C22H15BrN2O7. The molecule has 0 fully saturated rings. The number of ether oxygens (including phenoxy) is 3. The summed E-state index contributed by atoms with van der Waals surface area (Å²) in [4.78, 5) is 36.2. The summed E-state index contributed by atoms with van der Waals surface area (Å²) in [6.07, 6.45) is -1.27. The predicted octanol–water partition coefficient (Wildman–Crippen LogP) is 4.62. The third-order valence-electron chi connectivity index (χ3n) is 4.59. The van der Waals surface area contributed by atoms with E-state index in [0.29, 0.717) is 27.2 Å². The number of anilines is 1. The van der Waals surface area contributed by atoms with Crippen molar-refractivity contribution >= 4 is 39.2 Å². The van der Waals surface area contributed by atoms with Gasteiger partial charge in [-0.15, -0.1) is 0 Å². The zero-order valence-electron chi connectivity index (χ0n) is 16.3. The minimum Gasteiger partial charge on any atom is -0.454 e. The molecule has 0 bridgehead atoms. The van der Waals surface area contributed by atoms with Crippen molar-refractivity contribution in [3.63, 3.8) is 0 Å². The lowest BCUT2D eigenvalue weighted by Crippen LogP contribution is -2.26. The third kappa shape index (κ3) is 4.54. The summed E-state index contributed by atoms with van der Waals surface area (Å²) in [7, 11) is 0. The topological polar surface area (TPSA) is 117 Å². The Kier molecular flexibility index (Phi) is 6.04. The Morgan fingerprint density at radius 2 is 1.78 bits per heavy atom. The van der Waals surface area contributed by atoms with Crippen LogP contribution < -0.4 is 14.8 Å². The second kappa shape index (κ2) is 9.06. The molecule has 1 amide bonds. The van der Waals surface area contributed by atoms with Gasteiger partial charge in [0.1, 0.15) is 0 Å². The monoisotopic (exact) mass is 498 g/mol. The van der Waals surface area contributed by atoms with Crippen molar-refractivity contribution in [3.05, 3.63) is 92.4 Å². The number of rotatable bonds is 6. The fraction of sp³-hybridized carbons (Fsp3) is 0.0909. The average Bonchev–Trinajstić information content (AvgIpc) is 3.27. The molecule has 3 aromatic rings. The van der Waals surface area contributed by atoms with Crippen LogP contribution in [0, 0.1) is 10.1 Å². The highest BCUT2D eigenvalue weighted by molar-refractivity contribution is 9.10. The van der Waals surface area contributed by atoms with E-state index < -0.39 is 22.9 Å². The number of amides is 1. The first-order valence-electron chi connectivity index (χ1n) is 9.33. The van der Waals surface area contributed by atoms with Gasteiger partial charge in [-0.3, -0.25) is 14.9 Å². The van der Waals surface area contributed by atoms with Crippen LogP contribution in [0.15, 0.2) is 71.2 Å². The molecular weight excluding hydrogens is 484 g/mol. The van der Waals surface area contributed by atoms with Crippen LogP contribution in [0.2, 0.25) is 0 Å². The van der Waals surface area contributed by atoms with Gasteiger partial charge >= 0.3 is 5.97 Å². The largest absolute Gasteiger partial charge is 0.454 e. The number of nitrogens with one attached hydrogen (secondary N) is 1. The number of hydrogen-bond acceptors (Lipinski definition) is 7. The average molecular weight is 499 g/mol. The molecule has 9 nitrogen and oxygen atoms in total. The first kappa shape index (κ1) is 21.3. The maximum absolute atomic E-state index is 13.1. The molecule has 0 spiro atoms. The lowest BCUT2D eigenvalue weighted by atomic mass is 10.1. The Hall–Kier alpha value is -3.92. The molecule has 32 heavy (non-hydrogen) atoms. The van der Waals surface area contributed by atoms with Crippen molar-refractivity contribution < 1.29 is 28.7 Å². The molecule has 10 heteroatoms. The lowest BCUT2D eigenvalue weighted by Gasteiger charge is -2.18. The number of esters is 1. The molecule has 0 saturated heterocycles. The Balaban J connectivity index is 1.58. The predicted molar refractivity (Wildman–Crippen MR) is 117 cm³/mol. The summed E-state index contributed by atoms with van der Waals surface area (Å²) in [6, 6.07) is 17.0. The fourth-order valence-electron chi connectivity index (χ4n) is 3.02. The Bertz CT molecular complexity index is 1200. The number of non-ortho nitro benzene ring substituents is 1. The number of benzene rings is 3. The van der Waals surface area contributed by atoms with E-state index in [2.05, 4.69) is 21.2 Å². The summed E-state index contributed by atoms with van der Waals surface area (Å²) in [5.74, 6) is -0.424. The first-order chi connectivity index (χ1) is 15.4. The van der Waals surface area contributed by atoms with Crippen molar-refractivity contribution in [3.8, 4) is 11.5 Å². The van der Waals surface area contributed by atoms with E-state index in [-0.39, 0.29) is 18.0 Å². The number of carbonyl (C=O) groups is 2. The summed E-state index contributed by atoms with van der Waals surface area (Å²) < 4.78 is 16.4.